The Balaban J connectivity index is 2.52. The van der Waals surface area contributed by atoms with Crippen LogP contribution in [0.25, 0.3) is 0 Å². The van der Waals surface area contributed by atoms with Gasteiger partial charge in [0.1, 0.15) is 5.82 Å². The number of hydrogen-bond donors (Lipinski definition) is 1. The van der Waals surface area contributed by atoms with Crippen molar-refractivity contribution in [2.45, 2.75) is 37.6 Å². The quantitative estimate of drug-likeness (QED) is 0.776. The molecule has 1 unspecified atom stereocenters. The summed E-state index contributed by atoms with van der Waals surface area (Å²) in [4.78, 5) is 0.194. The molecule has 0 aliphatic rings. The van der Waals surface area contributed by atoms with Crippen molar-refractivity contribution in [1.29, 1.82) is 0 Å². The Morgan fingerprint density at radius 2 is 1.89 bits per heavy atom. The summed E-state index contributed by atoms with van der Waals surface area (Å²) in [6.07, 6.45) is 1.42. The van der Waals surface area contributed by atoms with Gasteiger partial charge in [0.25, 0.3) is 0 Å². The lowest BCUT2D eigenvalue weighted by molar-refractivity contribution is 0.521. The van der Waals surface area contributed by atoms with Gasteiger partial charge >= 0.3 is 0 Å². The molecule has 1 aromatic carbocycles. The molecule has 0 bridgehead atoms. The van der Waals surface area contributed by atoms with Crippen molar-refractivity contribution in [2.75, 3.05) is 12.3 Å². The Hall–Kier alpha value is -0.940. The van der Waals surface area contributed by atoms with Crippen LogP contribution in [-0.2, 0) is 9.84 Å². The van der Waals surface area contributed by atoms with Crippen molar-refractivity contribution < 1.29 is 12.8 Å². The fraction of sp³-hybridized carbons (Fsp3) is 0.538. The molecule has 0 radical (unpaired) electrons. The minimum atomic E-state index is -3.28. The maximum Gasteiger partial charge on any atom is 0.178 e. The lowest BCUT2D eigenvalue weighted by Gasteiger charge is -2.11. The first-order valence-corrected chi connectivity index (χ1v) is 7.82. The van der Waals surface area contributed by atoms with E-state index in [2.05, 4.69) is 5.32 Å². The van der Waals surface area contributed by atoms with Crippen LogP contribution in [0, 0.1) is 5.82 Å². The molecule has 0 aliphatic carbocycles. The molecule has 0 spiro atoms. The summed E-state index contributed by atoms with van der Waals surface area (Å²) in [7, 11) is -3.28. The van der Waals surface area contributed by atoms with Crippen LogP contribution in [0.2, 0.25) is 0 Å². The second kappa shape index (κ2) is 6.85. The molecule has 0 aliphatic heterocycles. The van der Waals surface area contributed by atoms with Gasteiger partial charge in [-0.1, -0.05) is 6.92 Å². The topological polar surface area (TPSA) is 46.2 Å². The Morgan fingerprint density at radius 1 is 1.28 bits per heavy atom. The Kier molecular flexibility index (Phi) is 5.75. The van der Waals surface area contributed by atoms with Gasteiger partial charge in [-0.3, -0.25) is 0 Å². The maximum atomic E-state index is 12.7. The Labute approximate surface area is 108 Å². The largest absolute Gasteiger partial charge is 0.315 e. The molecule has 102 valence electrons. The smallest absolute Gasteiger partial charge is 0.178 e. The number of nitrogens with one attached hydrogen (secondary N) is 1. The molecule has 0 amide bonds. The summed E-state index contributed by atoms with van der Waals surface area (Å²) >= 11 is 0. The van der Waals surface area contributed by atoms with E-state index in [0.29, 0.717) is 12.5 Å². The second-order valence-electron chi connectivity index (χ2n) is 4.37. The van der Waals surface area contributed by atoms with Crippen molar-refractivity contribution >= 4 is 9.84 Å². The molecular weight excluding hydrogens is 253 g/mol. The molecular formula is C13H20FNO2S. The van der Waals surface area contributed by atoms with E-state index in [4.69, 9.17) is 0 Å². The van der Waals surface area contributed by atoms with E-state index in [9.17, 15) is 12.8 Å². The first-order chi connectivity index (χ1) is 8.45. The van der Waals surface area contributed by atoms with E-state index < -0.39 is 15.7 Å². The Morgan fingerprint density at radius 3 is 2.44 bits per heavy atom. The summed E-state index contributed by atoms with van der Waals surface area (Å²) in [5.41, 5.74) is 0. The van der Waals surface area contributed by atoms with Crippen LogP contribution in [0.5, 0.6) is 0 Å². The zero-order chi connectivity index (χ0) is 13.6. The van der Waals surface area contributed by atoms with Gasteiger partial charge in [0.15, 0.2) is 9.84 Å². The molecule has 1 atom stereocenters. The lowest BCUT2D eigenvalue weighted by atomic mass is 10.2. The minimum absolute atomic E-state index is 0.106. The van der Waals surface area contributed by atoms with Crippen molar-refractivity contribution in [3.8, 4) is 0 Å². The molecule has 0 aromatic heterocycles. The van der Waals surface area contributed by atoms with Crippen molar-refractivity contribution in [3.63, 3.8) is 0 Å². The van der Waals surface area contributed by atoms with E-state index in [1.54, 1.807) is 0 Å². The molecule has 18 heavy (non-hydrogen) atoms. The van der Waals surface area contributed by atoms with Crippen molar-refractivity contribution in [1.82, 2.24) is 5.32 Å². The summed E-state index contributed by atoms with van der Waals surface area (Å²) in [5, 5.41) is 3.23. The van der Waals surface area contributed by atoms with Crippen LogP contribution in [0.1, 0.15) is 26.7 Å². The monoisotopic (exact) mass is 273 g/mol. The second-order valence-corrected chi connectivity index (χ2v) is 6.48. The molecule has 0 fully saturated rings. The lowest BCUT2D eigenvalue weighted by Crippen LogP contribution is -2.26. The molecule has 1 rings (SSSR count). The van der Waals surface area contributed by atoms with Crippen LogP contribution in [0.15, 0.2) is 29.2 Å². The molecule has 0 heterocycles. The van der Waals surface area contributed by atoms with E-state index in [1.807, 2.05) is 13.8 Å². The third-order valence-electron chi connectivity index (χ3n) is 2.78. The zero-order valence-corrected chi connectivity index (χ0v) is 11.6. The normalized spacial score (nSPS) is 13.5. The van der Waals surface area contributed by atoms with Gasteiger partial charge < -0.3 is 5.32 Å². The van der Waals surface area contributed by atoms with Gasteiger partial charge in [0, 0.05) is 6.04 Å². The van der Waals surface area contributed by atoms with E-state index in [1.165, 1.54) is 24.3 Å². The molecule has 5 heteroatoms. The summed E-state index contributed by atoms with van der Waals surface area (Å²) in [6, 6.07) is 5.30. The number of benzene rings is 1. The fourth-order valence-electron chi connectivity index (χ4n) is 1.79. The molecule has 0 saturated carbocycles. The average Bonchev–Trinajstić information content (AvgIpc) is 2.29. The van der Waals surface area contributed by atoms with Crippen molar-refractivity contribution in [2.24, 2.45) is 0 Å². The number of halogens is 1. The summed E-state index contributed by atoms with van der Waals surface area (Å²) < 4.78 is 36.6. The van der Waals surface area contributed by atoms with Crippen LogP contribution in [0.4, 0.5) is 4.39 Å². The highest BCUT2D eigenvalue weighted by molar-refractivity contribution is 7.91. The van der Waals surface area contributed by atoms with Gasteiger partial charge in [0.2, 0.25) is 0 Å². The van der Waals surface area contributed by atoms with Crippen LogP contribution >= 0.6 is 0 Å². The highest BCUT2D eigenvalue weighted by Crippen LogP contribution is 2.13. The van der Waals surface area contributed by atoms with Gasteiger partial charge in [-0.2, -0.15) is 0 Å². The molecule has 1 aromatic rings. The SMILES string of the molecule is CCNC(C)CCCS(=O)(=O)c1ccc(F)cc1. The highest BCUT2D eigenvalue weighted by atomic mass is 32.2. The van der Waals surface area contributed by atoms with E-state index >= 15 is 0 Å². The van der Waals surface area contributed by atoms with Crippen LogP contribution < -0.4 is 5.32 Å². The fourth-order valence-corrected chi connectivity index (χ4v) is 3.12. The highest BCUT2D eigenvalue weighted by Gasteiger charge is 2.14. The number of rotatable bonds is 7. The van der Waals surface area contributed by atoms with Gasteiger partial charge in [-0.05, 0) is 50.6 Å². The minimum Gasteiger partial charge on any atom is -0.315 e. The zero-order valence-electron chi connectivity index (χ0n) is 10.8. The van der Waals surface area contributed by atoms with E-state index in [-0.39, 0.29) is 10.6 Å². The standard InChI is InChI=1S/C13H20FNO2S/c1-3-15-11(2)5-4-10-18(16,17)13-8-6-12(14)7-9-13/h6-9,11,15H,3-5,10H2,1-2H3. The van der Waals surface area contributed by atoms with E-state index in [0.717, 1.165) is 13.0 Å². The third kappa shape index (κ3) is 4.74. The summed E-state index contributed by atoms with van der Waals surface area (Å²) in [5.74, 6) is -0.316. The summed E-state index contributed by atoms with van der Waals surface area (Å²) in [6.45, 7) is 4.94. The third-order valence-corrected chi connectivity index (χ3v) is 4.59. The van der Waals surface area contributed by atoms with Gasteiger partial charge in [-0.15, -0.1) is 0 Å². The number of hydrogen-bond acceptors (Lipinski definition) is 3. The number of sulfone groups is 1. The van der Waals surface area contributed by atoms with Crippen LogP contribution in [-0.4, -0.2) is 26.8 Å². The first-order valence-electron chi connectivity index (χ1n) is 6.17. The predicted molar refractivity (Wildman–Crippen MR) is 70.8 cm³/mol. The molecule has 3 nitrogen and oxygen atoms in total. The van der Waals surface area contributed by atoms with Crippen LogP contribution in [0.3, 0.4) is 0 Å². The average molecular weight is 273 g/mol. The van der Waals surface area contributed by atoms with Gasteiger partial charge in [0.05, 0.1) is 10.6 Å². The molecule has 1 N–H and O–H groups in total. The predicted octanol–water partition coefficient (Wildman–Crippen LogP) is 2.38. The first kappa shape index (κ1) is 15.1. The maximum absolute atomic E-state index is 12.7. The molecule has 0 saturated heterocycles. The van der Waals surface area contributed by atoms with Gasteiger partial charge in [-0.25, -0.2) is 12.8 Å². The Bertz CT molecular complexity index is 456. The van der Waals surface area contributed by atoms with Crippen molar-refractivity contribution in [3.05, 3.63) is 30.1 Å².